The minimum atomic E-state index is -4.26. The number of rotatable bonds is 12. The van der Waals surface area contributed by atoms with Crippen molar-refractivity contribution in [2.75, 3.05) is 31.3 Å². The molecule has 3 N–H and O–H groups in total. The number of ether oxygens (including phenoxy) is 3. The summed E-state index contributed by atoms with van der Waals surface area (Å²) in [5.74, 6) is -0.789. The molecule has 0 atom stereocenters. The van der Waals surface area contributed by atoms with E-state index < -0.39 is 43.5 Å². The van der Waals surface area contributed by atoms with E-state index in [1.165, 1.54) is 13.2 Å². The molecule has 0 unspecified atom stereocenters. The number of benzene rings is 2. The fourth-order valence-electron chi connectivity index (χ4n) is 2.73. The molecule has 0 aliphatic carbocycles. The third-order valence-electron chi connectivity index (χ3n) is 4.30. The first kappa shape index (κ1) is 26.2. The number of hydrogen-bond acceptors (Lipinski definition) is 10. The first-order chi connectivity index (χ1) is 16.6. The van der Waals surface area contributed by atoms with E-state index in [9.17, 15) is 21.9 Å². The van der Waals surface area contributed by atoms with Crippen LogP contribution in [0.5, 0.6) is 23.1 Å². The van der Waals surface area contributed by atoms with E-state index in [-0.39, 0.29) is 24.7 Å². The number of aliphatic hydroxyl groups excluding tert-OH is 1. The van der Waals surface area contributed by atoms with Gasteiger partial charge in [-0.25, -0.2) is 8.42 Å². The first-order valence-corrected chi connectivity index (χ1v) is 13.5. The monoisotopic (exact) mass is 524 g/mol. The molecule has 0 saturated heterocycles. The minimum absolute atomic E-state index is 0.0449. The van der Waals surface area contributed by atoms with Crippen LogP contribution in [0.2, 0.25) is 0 Å². The average molecular weight is 525 g/mol. The van der Waals surface area contributed by atoms with E-state index in [2.05, 4.69) is 19.4 Å². The highest BCUT2D eigenvalue weighted by Gasteiger charge is 2.26. The summed E-state index contributed by atoms with van der Waals surface area (Å²) in [7, 11) is -6.84. The zero-order valence-corrected chi connectivity index (χ0v) is 20.5. The molecular weight excluding hydrogens is 500 g/mol. The molecule has 0 saturated carbocycles. The molecule has 0 radical (unpaired) electrons. The predicted octanol–water partition coefficient (Wildman–Crippen LogP) is 1.50. The van der Waals surface area contributed by atoms with E-state index in [0.717, 1.165) is 6.26 Å². The lowest BCUT2D eigenvalue weighted by molar-refractivity contribution is 0.191. The third-order valence-corrected chi connectivity index (χ3v) is 6.13. The highest BCUT2D eigenvalue weighted by atomic mass is 32.2. The number of sulfone groups is 1. The van der Waals surface area contributed by atoms with Gasteiger partial charge < -0.3 is 19.3 Å². The molecule has 1 heterocycles. The molecule has 0 bridgehead atoms. The molecule has 2 aromatic carbocycles. The number of methoxy groups -OCH3 is 1. The number of hydrogen-bond donors (Lipinski definition) is 3. The van der Waals surface area contributed by atoms with Crippen molar-refractivity contribution in [2.24, 2.45) is 0 Å². The third kappa shape index (κ3) is 7.26. The number of aliphatic hydroxyl groups is 1. The second-order valence-corrected chi connectivity index (χ2v) is 10.4. The van der Waals surface area contributed by atoms with Crippen molar-refractivity contribution in [1.82, 2.24) is 14.7 Å². The van der Waals surface area contributed by atoms with Gasteiger partial charge in [-0.15, -0.1) is 0 Å². The van der Waals surface area contributed by atoms with Gasteiger partial charge in [-0.05, 0) is 17.7 Å². The number of aromatic nitrogens is 2. The molecule has 3 rings (SSSR count). The van der Waals surface area contributed by atoms with Crippen LogP contribution >= 0.6 is 0 Å². The van der Waals surface area contributed by atoms with E-state index >= 15 is 0 Å². The minimum Gasteiger partial charge on any atom is -0.493 e. The summed E-state index contributed by atoms with van der Waals surface area (Å²) >= 11 is 0. The van der Waals surface area contributed by atoms with Gasteiger partial charge in [0.1, 0.15) is 6.61 Å². The smallest absolute Gasteiger partial charge is 0.300 e. The van der Waals surface area contributed by atoms with Crippen molar-refractivity contribution < 1.29 is 36.2 Å². The lowest BCUT2D eigenvalue weighted by Gasteiger charge is -2.18. The van der Waals surface area contributed by atoms with Crippen LogP contribution in [0.25, 0.3) is 0 Å². The maximum absolute atomic E-state index is 12.8. The van der Waals surface area contributed by atoms with Crippen LogP contribution in [0, 0.1) is 0 Å². The van der Waals surface area contributed by atoms with Gasteiger partial charge in [-0.1, -0.05) is 42.5 Å². The fraction of sp³-hybridized carbons (Fsp3) is 0.238. The van der Waals surface area contributed by atoms with Crippen LogP contribution < -0.4 is 23.7 Å². The summed E-state index contributed by atoms with van der Waals surface area (Å²) in [6.45, 7) is -0.746. The van der Waals surface area contributed by atoms with Crippen molar-refractivity contribution in [3.8, 4) is 23.1 Å². The zero-order valence-electron chi connectivity index (χ0n) is 18.8. The van der Waals surface area contributed by atoms with E-state index in [4.69, 9.17) is 14.2 Å². The Balaban J connectivity index is 2.06. The molecule has 14 heteroatoms. The van der Waals surface area contributed by atoms with Gasteiger partial charge in [0.25, 0.3) is 11.0 Å². The molecule has 0 spiro atoms. The summed E-state index contributed by atoms with van der Waals surface area (Å²) in [6, 6.07) is 15.2. The fourth-order valence-corrected chi connectivity index (χ4v) is 4.06. The van der Waals surface area contributed by atoms with Crippen molar-refractivity contribution in [2.45, 2.75) is 11.7 Å². The highest BCUT2D eigenvalue weighted by Crippen LogP contribution is 2.40. The first-order valence-electron chi connectivity index (χ1n) is 10.1. The molecule has 1 aromatic heterocycles. The Morgan fingerprint density at radius 2 is 1.60 bits per heavy atom. The second-order valence-electron chi connectivity index (χ2n) is 7.00. The molecule has 3 aromatic rings. The predicted molar refractivity (Wildman–Crippen MR) is 127 cm³/mol. The standard InChI is InChI=1S/C21H24N4O8S2/c1-31-16-10-6-7-11-17(16)33-18-19(23-21(34(2,27)28)24-20(18)32-13-12-26)25-35(29,30)22-14-15-8-4-3-5-9-15/h3-11,22,26H,12-14H2,1-2H3,(H,23,24,25). The molecule has 12 nitrogen and oxygen atoms in total. The normalized spacial score (nSPS) is 11.6. The Bertz CT molecular complexity index is 1370. The Morgan fingerprint density at radius 3 is 2.23 bits per heavy atom. The van der Waals surface area contributed by atoms with Crippen LogP contribution in [-0.4, -0.2) is 58.5 Å². The Hall–Kier alpha value is -3.46. The topological polar surface area (TPSA) is 166 Å². The van der Waals surface area contributed by atoms with E-state index in [0.29, 0.717) is 11.3 Å². The number of para-hydroxylation sites is 2. The van der Waals surface area contributed by atoms with Gasteiger partial charge in [0.2, 0.25) is 15.6 Å². The number of nitrogens with zero attached hydrogens (tertiary/aromatic N) is 2. The lowest BCUT2D eigenvalue weighted by atomic mass is 10.2. The Morgan fingerprint density at radius 1 is 0.943 bits per heavy atom. The van der Waals surface area contributed by atoms with Crippen LogP contribution in [0.3, 0.4) is 0 Å². The van der Waals surface area contributed by atoms with Crippen LogP contribution in [0.4, 0.5) is 5.82 Å². The second kappa shape index (κ2) is 11.3. The maximum atomic E-state index is 12.8. The van der Waals surface area contributed by atoms with Gasteiger partial charge in [-0.2, -0.15) is 23.1 Å². The van der Waals surface area contributed by atoms with Crippen molar-refractivity contribution in [3.63, 3.8) is 0 Å². The SMILES string of the molecule is COc1ccccc1Oc1c(NS(=O)(=O)NCc2ccccc2)nc(S(C)(=O)=O)nc1OCCO. The van der Waals surface area contributed by atoms with E-state index in [1.54, 1.807) is 48.5 Å². The average Bonchev–Trinajstić information content (AvgIpc) is 2.83. The molecular formula is C21H24N4O8S2. The lowest BCUT2D eigenvalue weighted by Crippen LogP contribution is -2.30. The maximum Gasteiger partial charge on any atom is 0.300 e. The Kier molecular flexibility index (Phi) is 8.45. The van der Waals surface area contributed by atoms with Gasteiger partial charge in [0.15, 0.2) is 17.3 Å². The molecule has 0 aliphatic heterocycles. The molecule has 0 fully saturated rings. The van der Waals surface area contributed by atoms with Crippen LogP contribution in [0.1, 0.15) is 5.56 Å². The van der Waals surface area contributed by atoms with Crippen molar-refractivity contribution >= 4 is 25.9 Å². The highest BCUT2D eigenvalue weighted by molar-refractivity contribution is 7.91. The molecule has 0 aliphatic rings. The summed E-state index contributed by atoms with van der Waals surface area (Å²) in [5, 5.41) is 8.47. The van der Waals surface area contributed by atoms with Crippen LogP contribution in [-0.2, 0) is 26.6 Å². The van der Waals surface area contributed by atoms with Gasteiger partial charge in [-0.3, -0.25) is 4.72 Å². The summed E-state index contributed by atoms with van der Waals surface area (Å²) in [4.78, 5) is 7.73. The Labute approximate surface area is 203 Å². The van der Waals surface area contributed by atoms with E-state index in [1.807, 2.05) is 0 Å². The number of nitrogens with one attached hydrogen (secondary N) is 2. The van der Waals surface area contributed by atoms with Gasteiger partial charge in [0.05, 0.1) is 13.7 Å². The van der Waals surface area contributed by atoms with Gasteiger partial charge >= 0.3 is 10.2 Å². The quantitative estimate of drug-likeness (QED) is 0.296. The van der Waals surface area contributed by atoms with Crippen molar-refractivity contribution in [3.05, 3.63) is 60.2 Å². The number of anilines is 1. The van der Waals surface area contributed by atoms with Gasteiger partial charge in [0, 0.05) is 12.8 Å². The molecule has 0 amide bonds. The summed E-state index contributed by atoms with van der Waals surface area (Å²) in [5.41, 5.74) is 0.690. The largest absolute Gasteiger partial charge is 0.493 e. The van der Waals surface area contributed by atoms with Crippen LogP contribution in [0.15, 0.2) is 59.8 Å². The molecule has 35 heavy (non-hydrogen) atoms. The summed E-state index contributed by atoms with van der Waals surface area (Å²) < 4.78 is 70.9. The zero-order chi connectivity index (χ0) is 25.5. The molecule has 188 valence electrons. The summed E-state index contributed by atoms with van der Waals surface area (Å²) in [6.07, 6.45) is 0.852. The van der Waals surface area contributed by atoms with Crippen molar-refractivity contribution in [1.29, 1.82) is 0 Å².